The van der Waals surface area contributed by atoms with Crippen molar-refractivity contribution in [1.82, 2.24) is 9.80 Å². The van der Waals surface area contributed by atoms with Crippen molar-refractivity contribution < 1.29 is 46.4 Å². The van der Waals surface area contributed by atoms with E-state index in [1.807, 2.05) is 69.2 Å². The van der Waals surface area contributed by atoms with Gasteiger partial charge in [-0.15, -0.1) is 0 Å². The molecule has 0 spiro atoms. The number of amides is 2. The Morgan fingerprint density at radius 1 is 0.700 bits per heavy atom. The highest BCUT2D eigenvalue weighted by atomic mass is 28.4. The van der Waals surface area contributed by atoms with Crippen LogP contribution in [-0.2, 0) is 26.6 Å². The first kappa shape index (κ1) is 40.9. The van der Waals surface area contributed by atoms with Crippen LogP contribution in [0, 0.1) is 0 Å². The van der Waals surface area contributed by atoms with Crippen LogP contribution in [0.25, 0.3) is 0 Å². The summed E-state index contributed by atoms with van der Waals surface area (Å²) in [5, 5.41) is 18.6. The average Bonchev–Trinajstić information content (AvgIpc) is 2.85. The molecule has 1 atom stereocenters. The minimum Gasteiger partial charge on any atom is -0.465 e. The molecular weight excluding hydrogens is 556 g/mol. The molecule has 40 heavy (non-hydrogen) atoms. The monoisotopic (exact) mass is 614 g/mol. The van der Waals surface area contributed by atoms with Crippen LogP contribution in [0.5, 0.6) is 0 Å². The summed E-state index contributed by atoms with van der Waals surface area (Å²) >= 11 is 0. The van der Waals surface area contributed by atoms with E-state index in [0.717, 1.165) is 0 Å². The Labute approximate surface area is 244 Å². The van der Waals surface area contributed by atoms with Gasteiger partial charge in [0.1, 0.15) is 5.67 Å². The normalized spacial score (nSPS) is 12.9. The van der Waals surface area contributed by atoms with Crippen LogP contribution in [-0.4, -0.2) is 114 Å². The highest BCUT2D eigenvalue weighted by molar-refractivity contribution is 6.62. The molecule has 0 heterocycles. The van der Waals surface area contributed by atoms with Crippen LogP contribution in [0.15, 0.2) is 0 Å². The fraction of sp³-hybridized carbons (Fsp3) is 0.923. The van der Waals surface area contributed by atoms with Crippen molar-refractivity contribution in [3.8, 4) is 0 Å². The molecule has 0 aromatic carbocycles. The van der Waals surface area contributed by atoms with Gasteiger partial charge in [-0.05, 0) is 82.1 Å². The van der Waals surface area contributed by atoms with Crippen LogP contribution < -0.4 is 0 Å². The summed E-state index contributed by atoms with van der Waals surface area (Å²) < 4.78 is 34.7. The summed E-state index contributed by atoms with van der Waals surface area (Å²) in [7, 11) is -5.70. The topological polar surface area (TPSA) is 136 Å². The van der Waals surface area contributed by atoms with Gasteiger partial charge < -0.3 is 46.6 Å². The highest BCUT2D eigenvalue weighted by Crippen LogP contribution is 2.23. The Morgan fingerprint density at radius 3 is 1.35 bits per heavy atom. The van der Waals surface area contributed by atoms with E-state index in [-0.39, 0.29) is 5.67 Å². The lowest BCUT2D eigenvalue weighted by Gasteiger charge is -2.39. The van der Waals surface area contributed by atoms with Crippen molar-refractivity contribution in [3.05, 3.63) is 0 Å². The summed E-state index contributed by atoms with van der Waals surface area (Å²) in [6, 6.07) is 0.627. The van der Waals surface area contributed by atoms with Gasteiger partial charge >= 0.3 is 29.8 Å². The summed E-state index contributed by atoms with van der Waals surface area (Å²) in [6.45, 7) is 24.5. The van der Waals surface area contributed by atoms with Gasteiger partial charge in [0.2, 0.25) is 0 Å². The zero-order chi connectivity index (χ0) is 31.4. The molecule has 2 N–H and O–H groups in total. The Kier molecular flexibility index (Phi) is 21.9. The highest BCUT2D eigenvalue weighted by Gasteiger charge is 2.52. The van der Waals surface area contributed by atoms with Crippen LogP contribution in [0.2, 0.25) is 6.04 Å². The summed E-state index contributed by atoms with van der Waals surface area (Å²) in [5.74, 6) is 0. The predicted molar refractivity (Wildman–Crippen MR) is 160 cm³/mol. The van der Waals surface area contributed by atoms with Gasteiger partial charge in [0.15, 0.2) is 0 Å². The van der Waals surface area contributed by atoms with E-state index in [1.54, 1.807) is 6.92 Å². The van der Waals surface area contributed by atoms with Gasteiger partial charge in [-0.25, -0.2) is 9.59 Å². The lowest BCUT2D eigenvalue weighted by molar-refractivity contribution is 0.0350. The maximum absolute atomic E-state index is 11.4. The average molecular weight is 615 g/mol. The Hall–Kier alpha value is -1.27. The maximum Gasteiger partial charge on any atom is 0.524 e. The molecule has 0 saturated heterocycles. The predicted octanol–water partition coefficient (Wildman–Crippen LogP) is 5.56. The molecule has 0 aromatic heterocycles. The Bertz CT molecular complexity index is 648. The number of hydrogen-bond donors (Lipinski definition) is 2. The maximum atomic E-state index is 11.4. The first-order valence-corrected chi connectivity index (χ1v) is 18.3. The van der Waals surface area contributed by atoms with Gasteiger partial charge in [0.05, 0.1) is 0 Å². The van der Waals surface area contributed by atoms with Crippen molar-refractivity contribution in [3.63, 3.8) is 0 Å². The van der Waals surface area contributed by atoms with Crippen molar-refractivity contribution in [2.24, 2.45) is 0 Å². The van der Waals surface area contributed by atoms with Crippen molar-refractivity contribution in [2.75, 3.05) is 52.7 Å². The van der Waals surface area contributed by atoms with Gasteiger partial charge in [-0.1, -0.05) is 6.92 Å². The third kappa shape index (κ3) is 14.1. The molecule has 14 heteroatoms. The number of hydrogen-bond acceptors (Lipinski definition) is 8. The van der Waals surface area contributed by atoms with Crippen LogP contribution in [0.1, 0.15) is 89.0 Å². The first-order valence-electron chi connectivity index (χ1n) is 14.6. The van der Waals surface area contributed by atoms with E-state index in [1.165, 1.54) is 9.80 Å². The third-order valence-electron chi connectivity index (χ3n) is 5.79. The fourth-order valence-electron chi connectivity index (χ4n) is 4.34. The smallest absolute Gasteiger partial charge is 0.465 e. The molecular formula is C26H58N2O10Si2. The van der Waals surface area contributed by atoms with Crippen molar-refractivity contribution >= 4 is 29.8 Å². The van der Waals surface area contributed by atoms with E-state index >= 15 is 0 Å². The van der Waals surface area contributed by atoms with Gasteiger partial charge in [0.25, 0.3) is 0 Å². The number of carboxylic acid groups (broad SMARTS) is 2. The number of nitrogens with zero attached hydrogens (tertiary/aromatic N) is 2. The molecule has 0 aliphatic carbocycles. The second kappa shape index (κ2) is 21.4. The molecule has 240 valence electrons. The summed E-state index contributed by atoms with van der Waals surface area (Å²) in [5.41, 5.74) is -0.784. The molecule has 0 bridgehead atoms. The lowest BCUT2D eigenvalue weighted by atomic mass is 10.1. The molecule has 12 nitrogen and oxygen atoms in total. The van der Waals surface area contributed by atoms with Crippen LogP contribution in [0.4, 0.5) is 9.59 Å². The quantitative estimate of drug-likeness (QED) is 0.168. The summed E-state index contributed by atoms with van der Waals surface area (Å²) in [6.07, 6.45) is -0.605. The molecule has 0 aromatic rings. The minimum absolute atomic E-state index is 0.366. The number of carbonyl (C=O) groups is 2. The van der Waals surface area contributed by atoms with Gasteiger partial charge in [0, 0.05) is 64.3 Å². The van der Waals surface area contributed by atoms with Gasteiger partial charge in [-0.2, -0.15) is 0 Å². The molecule has 1 unspecified atom stereocenters. The first-order chi connectivity index (χ1) is 18.7. The SMILES string of the molecule is CCO[Si](CCCN(C(=O)O)C(C)(C)C)(OCC)OCC.CCO[Si](OCC)(OCC)C(CC)N(CC)C(=O)O. The largest absolute Gasteiger partial charge is 0.524 e. The third-order valence-corrected chi connectivity index (χ3v) is 12.6. The van der Waals surface area contributed by atoms with Crippen LogP contribution >= 0.6 is 0 Å². The Balaban J connectivity index is 0. The standard InChI is InChI=1S/C14H31NO5Si.C12H27NO5Si/c1-7-18-21(19-8-2,20-9-3)12-10-11-15(13(16)17)14(4,5)6;1-6-11(13(7-2)12(14)15)19(16-8-3,17-9-4)18-10-5/h7-12H2,1-6H3,(H,16,17);11H,6-10H2,1-5H3,(H,14,15). The molecule has 0 fully saturated rings. The second-order valence-electron chi connectivity index (χ2n) is 9.59. The van der Waals surface area contributed by atoms with Crippen molar-refractivity contribution in [2.45, 2.75) is 106 Å². The molecule has 2 amide bonds. The minimum atomic E-state index is -3.03. The molecule has 0 radical (unpaired) electrons. The zero-order valence-corrected chi connectivity index (χ0v) is 28.9. The summed E-state index contributed by atoms with van der Waals surface area (Å²) in [4.78, 5) is 25.5. The fourth-order valence-corrected chi connectivity index (χ4v) is 10.1. The molecule has 0 aliphatic heterocycles. The van der Waals surface area contributed by atoms with E-state index in [0.29, 0.717) is 71.6 Å². The van der Waals surface area contributed by atoms with E-state index in [4.69, 9.17) is 26.6 Å². The molecule has 0 saturated carbocycles. The van der Waals surface area contributed by atoms with E-state index < -0.39 is 35.3 Å². The van der Waals surface area contributed by atoms with Gasteiger partial charge in [-0.3, -0.25) is 0 Å². The van der Waals surface area contributed by atoms with E-state index in [2.05, 4.69) is 0 Å². The van der Waals surface area contributed by atoms with E-state index in [9.17, 15) is 19.8 Å². The molecule has 0 rings (SSSR count). The number of rotatable bonds is 20. The lowest BCUT2D eigenvalue weighted by Crippen LogP contribution is -2.63. The second-order valence-corrected chi connectivity index (χ2v) is 15.1. The Morgan fingerprint density at radius 2 is 1.10 bits per heavy atom. The zero-order valence-electron chi connectivity index (χ0n) is 26.9. The molecule has 0 aliphatic rings. The van der Waals surface area contributed by atoms with Crippen LogP contribution in [0.3, 0.4) is 0 Å². The van der Waals surface area contributed by atoms with Crippen molar-refractivity contribution in [1.29, 1.82) is 0 Å².